The number of carbonyl (C=O) groups is 2. The van der Waals surface area contributed by atoms with Crippen LogP contribution in [-0.2, 0) is 21.5 Å². The molecule has 0 fully saturated rings. The molecule has 3 aromatic rings. The van der Waals surface area contributed by atoms with Crippen molar-refractivity contribution < 1.29 is 19.1 Å². The van der Waals surface area contributed by atoms with Crippen LogP contribution in [0.3, 0.4) is 0 Å². The highest BCUT2D eigenvalue weighted by molar-refractivity contribution is 7.99. The van der Waals surface area contributed by atoms with E-state index < -0.39 is 5.97 Å². The molecule has 0 aliphatic heterocycles. The first-order valence-electron chi connectivity index (χ1n) is 10.9. The summed E-state index contributed by atoms with van der Waals surface area (Å²) in [4.78, 5) is 24.3. The average Bonchev–Trinajstić information content (AvgIpc) is 3.43. The molecule has 0 aliphatic rings. The van der Waals surface area contributed by atoms with Crippen LogP contribution in [0, 0.1) is 0 Å². The van der Waals surface area contributed by atoms with Crippen LogP contribution in [-0.4, -0.2) is 39.5 Å². The number of ether oxygens (including phenoxy) is 2. The van der Waals surface area contributed by atoms with E-state index >= 15 is 0 Å². The molecule has 1 aromatic carbocycles. The van der Waals surface area contributed by atoms with Crippen LogP contribution in [0.5, 0.6) is 5.75 Å². The van der Waals surface area contributed by atoms with Crippen LogP contribution in [0.1, 0.15) is 62.5 Å². The molecule has 0 aliphatic carbocycles. The number of methoxy groups -OCH3 is 1. The van der Waals surface area contributed by atoms with E-state index in [-0.39, 0.29) is 23.2 Å². The molecule has 3 rings (SSSR count). The van der Waals surface area contributed by atoms with Crippen molar-refractivity contribution in [3.8, 4) is 5.75 Å². The van der Waals surface area contributed by atoms with E-state index in [1.54, 1.807) is 11.4 Å². The zero-order valence-electron chi connectivity index (χ0n) is 20.2. The quantitative estimate of drug-likeness (QED) is 0.313. The number of amides is 1. The number of carbonyl (C=O) groups excluding carboxylic acids is 2. The first-order valence-corrected chi connectivity index (χ1v) is 12.8. The molecule has 0 saturated carbocycles. The molecule has 1 amide bonds. The molecule has 0 spiro atoms. The fourth-order valence-corrected chi connectivity index (χ4v) is 4.87. The largest absolute Gasteiger partial charge is 0.483 e. The summed E-state index contributed by atoms with van der Waals surface area (Å²) in [6, 6.07) is 9.71. The predicted octanol–water partition coefficient (Wildman–Crippen LogP) is 5.31. The zero-order valence-corrected chi connectivity index (χ0v) is 21.9. The number of thiophene rings is 1. The number of benzene rings is 1. The minimum atomic E-state index is -0.485. The summed E-state index contributed by atoms with van der Waals surface area (Å²) in [6.07, 6.45) is -0.315. The third-order valence-electron chi connectivity index (χ3n) is 5.11. The normalized spacial score (nSPS) is 12.3. The lowest BCUT2D eigenvalue weighted by Crippen LogP contribution is -2.16. The summed E-state index contributed by atoms with van der Waals surface area (Å²) >= 11 is 2.55. The minimum absolute atomic E-state index is 0.0787. The van der Waals surface area contributed by atoms with Gasteiger partial charge < -0.3 is 19.4 Å². The van der Waals surface area contributed by atoms with E-state index in [0.29, 0.717) is 28.1 Å². The van der Waals surface area contributed by atoms with Gasteiger partial charge in [-0.15, -0.1) is 21.5 Å². The minimum Gasteiger partial charge on any atom is -0.483 e. The second-order valence-electron chi connectivity index (χ2n) is 8.61. The molecule has 10 heteroatoms. The molecule has 1 unspecified atom stereocenters. The lowest BCUT2D eigenvalue weighted by atomic mass is 9.87. The van der Waals surface area contributed by atoms with Gasteiger partial charge >= 0.3 is 5.97 Å². The van der Waals surface area contributed by atoms with Crippen LogP contribution >= 0.6 is 23.1 Å². The average molecular weight is 503 g/mol. The van der Waals surface area contributed by atoms with Crippen LogP contribution in [0.15, 0.2) is 40.9 Å². The Morgan fingerprint density at radius 1 is 1.18 bits per heavy atom. The van der Waals surface area contributed by atoms with Gasteiger partial charge in [0.2, 0.25) is 5.91 Å². The Morgan fingerprint density at radius 3 is 2.50 bits per heavy atom. The number of nitrogens with one attached hydrogen (secondary N) is 1. The summed E-state index contributed by atoms with van der Waals surface area (Å²) in [5, 5.41) is 14.2. The molecule has 0 radical (unpaired) electrons. The maximum Gasteiger partial charge on any atom is 0.340 e. The smallest absolute Gasteiger partial charge is 0.340 e. The Bertz CT molecular complexity index is 1130. The fourth-order valence-electron chi connectivity index (χ4n) is 3.26. The Labute approximate surface area is 208 Å². The van der Waals surface area contributed by atoms with Crippen LogP contribution < -0.4 is 10.1 Å². The molecule has 0 bridgehead atoms. The summed E-state index contributed by atoms with van der Waals surface area (Å²) < 4.78 is 12.8. The van der Waals surface area contributed by atoms with Crippen LogP contribution in [0.4, 0.5) is 5.00 Å². The van der Waals surface area contributed by atoms with E-state index in [2.05, 4.69) is 48.4 Å². The number of thioether (sulfide) groups is 1. The van der Waals surface area contributed by atoms with E-state index in [1.165, 1.54) is 35.8 Å². The fraction of sp³-hybridized carbons (Fsp3) is 0.417. The van der Waals surface area contributed by atoms with Gasteiger partial charge in [0, 0.05) is 6.54 Å². The molecule has 1 atom stereocenters. The standard InChI is InChI=1S/C24H30N4O4S2/c1-7-28-20(15(2)32-17-10-8-16(9-11-17)24(3,4)5)26-27-23(28)34-14-19(29)25-21-18(12-13-33-21)22(30)31-6/h8-13,15H,7,14H2,1-6H3,(H,25,29). The highest BCUT2D eigenvalue weighted by Gasteiger charge is 2.21. The van der Waals surface area contributed by atoms with Gasteiger partial charge in [0.15, 0.2) is 17.1 Å². The van der Waals surface area contributed by atoms with Gasteiger partial charge in [-0.05, 0) is 48.4 Å². The van der Waals surface area contributed by atoms with Gasteiger partial charge in [0.05, 0.1) is 18.4 Å². The van der Waals surface area contributed by atoms with Crippen molar-refractivity contribution in [1.82, 2.24) is 14.8 Å². The number of esters is 1. The van der Waals surface area contributed by atoms with Crippen molar-refractivity contribution in [3.63, 3.8) is 0 Å². The molecular formula is C24H30N4O4S2. The van der Waals surface area contributed by atoms with Gasteiger partial charge in [0.25, 0.3) is 0 Å². The van der Waals surface area contributed by atoms with Crippen molar-refractivity contribution in [2.45, 2.75) is 57.8 Å². The first kappa shape index (κ1) is 25.8. The number of hydrogen-bond donors (Lipinski definition) is 1. The summed E-state index contributed by atoms with van der Waals surface area (Å²) in [7, 11) is 1.31. The summed E-state index contributed by atoms with van der Waals surface area (Å²) in [5.74, 6) is 0.850. The molecular weight excluding hydrogens is 472 g/mol. The van der Waals surface area contributed by atoms with Crippen molar-refractivity contribution >= 4 is 40.0 Å². The topological polar surface area (TPSA) is 95.3 Å². The molecule has 34 heavy (non-hydrogen) atoms. The van der Waals surface area contributed by atoms with Crippen molar-refractivity contribution in [1.29, 1.82) is 0 Å². The van der Waals surface area contributed by atoms with Crippen LogP contribution in [0.25, 0.3) is 0 Å². The number of anilines is 1. The van der Waals surface area contributed by atoms with E-state index in [1.807, 2.05) is 30.5 Å². The highest BCUT2D eigenvalue weighted by Crippen LogP contribution is 2.28. The van der Waals surface area contributed by atoms with Crippen molar-refractivity contribution in [2.75, 3.05) is 18.2 Å². The Kier molecular flexibility index (Phi) is 8.37. The van der Waals surface area contributed by atoms with Crippen molar-refractivity contribution in [3.05, 3.63) is 52.7 Å². The predicted molar refractivity (Wildman–Crippen MR) is 135 cm³/mol. The molecule has 182 valence electrons. The third-order valence-corrected chi connectivity index (χ3v) is 6.91. The van der Waals surface area contributed by atoms with Crippen LogP contribution in [0.2, 0.25) is 0 Å². The van der Waals surface area contributed by atoms with Gasteiger partial charge in [-0.25, -0.2) is 4.79 Å². The van der Waals surface area contributed by atoms with E-state index in [9.17, 15) is 9.59 Å². The monoisotopic (exact) mass is 502 g/mol. The van der Waals surface area contributed by atoms with Gasteiger partial charge in [-0.1, -0.05) is 44.7 Å². The molecule has 2 aromatic heterocycles. The SMILES string of the molecule is CCn1c(SCC(=O)Nc2sccc2C(=O)OC)nnc1C(C)Oc1ccc(C(C)(C)C)cc1. The maximum atomic E-state index is 12.5. The molecule has 1 N–H and O–H groups in total. The highest BCUT2D eigenvalue weighted by atomic mass is 32.2. The zero-order chi connectivity index (χ0) is 24.9. The Hall–Kier alpha value is -2.85. The number of rotatable bonds is 9. The Morgan fingerprint density at radius 2 is 1.88 bits per heavy atom. The first-order chi connectivity index (χ1) is 16.1. The number of nitrogens with zero attached hydrogens (tertiary/aromatic N) is 3. The maximum absolute atomic E-state index is 12.5. The number of aromatic nitrogens is 3. The second-order valence-corrected chi connectivity index (χ2v) is 10.5. The number of hydrogen-bond acceptors (Lipinski definition) is 8. The molecule has 0 saturated heterocycles. The molecule has 2 heterocycles. The van der Waals surface area contributed by atoms with Gasteiger partial charge in [-0.3, -0.25) is 4.79 Å². The Balaban J connectivity index is 1.63. The summed E-state index contributed by atoms with van der Waals surface area (Å²) in [6.45, 7) is 11.1. The second kappa shape index (κ2) is 11.1. The van der Waals surface area contributed by atoms with Crippen molar-refractivity contribution in [2.24, 2.45) is 0 Å². The molecule has 8 nitrogen and oxygen atoms in total. The van der Waals surface area contributed by atoms with Gasteiger partial charge in [0.1, 0.15) is 10.8 Å². The van der Waals surface area contributed by atoms with E-state index in [4.69, 9.17) is 9.47 Å². The third kappa shape index (κ3) is 6.18. The van der Waals surface area contributed by atoms with Gasteiger partial charge in [-0.2, -0.15) is 0 Å². The lowest BCUT2D eigenvalue weighted by molar-refractivity contribution is -0.113. The lowest BCUT2D eigenvalue weighted by Gasteiger charge is -2.20. The summed E-state index contributed by atoms with van der Waals surface area (Å²) in [5.41, 5.74) is 1.66. The van der Waals surface area contributed by atoms with E-state index in [0.717, 1.165) is 5.75 Å².